The minimum Gasteiger partial charge on any atom is -0.327 e. The zero-order valence-corrected chi connectivity index (χ0v) is 12.4. The van der Waals surface area contributed by atoms with Crippen LogP contribution in [0.3, 0.4) is 0 Å². The molecule has 0 amide bonds. The van der Waals surface area contributed by atoms with Crippen molar-refractivity contribution in [2.45, 2.75) is 78.7 Å². The van der Waals surface area contributed by atoms with Crippen LogP contribution in [0.25, 0.3) is 0 Å². The predicted molar refractivity (Wildman–Crippen MR) is 77.0 cm³/mol. The highest BCUT2D eigenvalue weighted by Gasteiger charge is 2.27. The van der Waals surface area contributed by atoms with Crippen molar-refractivity contribution in [3.8, 4) is 0 Å². The quantitative estimate of drug-likeness (QED) is 0.720. The Morgan fingerprint density at radius 2 is 1.41 bits per heavy atom. The van der Waals surface area contributed by atoms with Crippen LogP contribution >= 0.6 is 0 Å². The standard InChI is InChI=1S/C16H33N/c1-5-13(6-2)11-16(17)15-9-7-14(8-10-15)12(3)4/h12-16H,5-11,17H2,1-4H3. The molecule has 0 aromatic rings. The van der Waals surface area contributed by atoms with E-state index in [-0.39, 0.29) is 0 Å². The molecule has 0 aromatic carbocycles. The maximum absolute atomic E-state index is 6.42. The molecule has 2 N–H and O–H groups in total. The molecule has 1 nitrogen and oxygen atoms in total. The van der Waals surface area contributed by atoms with Gasteiger partial charge in [-0.15, -0.1) is 0 Å². The Balaban J connectivity index is 2.32. The average molecular weight is 239 g/mol. The third kappa shape index (κ3) is 4.62. The molecule has 1 unspecified atom stereocenters. The summed E-state index contributed by atoms with van der Waals surface area (Å²) in [5.41, 5.74) is 6.42. The Morgan fingerprint density at radius 1 is 0.941 bits per heavy atom. The minimum absolute atomic E-state index is 0.466. The maximum Gasteiger partial charge on any atom is 0.00697 e. The zero-order valence-electron chi connectivity index (χ0n) is 12.4. The number of nitrogens with two attached hydrogens (primary N) is 1. The first-order valence-electron chi connectivity index (χ1n) is 7.83. The lowest BCUT2D eigenvalue weighted by atomic mass is 9.73. The largest absolute Gasteiger partial charge is 0.327 e. The van der Waals surface area contributed by atoms with Crippen molar-refractivity contribution in [2.75, 3.05) is 0 Å². The number of hydrogen-bond acceptors (Lipinski definition) is 1. The molecule has 0 bridgehead atoms. The molecule has 0 aromatic heterocycles. The van der Waals surface area contributed by atoms with Crippen LogP contribution in [0.5, 0.6) is 0 Å². The van der Waals surface area contributed by atoms with Gasteiger partial charge < -0.3 is 5.73 Å². The molecule has 1 heteroatoms. The Hall–Kier alpha value is -0.0400. The van der Waals surface area contributed by atoms with Crippen molar-refractivity contribution in [1.82, 2.24) is 0 Å². The van der Waals surface area contributed by atoms with E-state index in [0.29, 0.717) is 6.04 Å². The number of hydrogen-bond donors (Lipinski definition) is 1. The summed E-state index contributed by atoms with van der Waals surface area (Å²) in [4.78, 5) is 0. The second kappa shape index (κ2) is 7.41. The molecular formula is C16H33N. The molecule has 0 heterocycles. The van der Waals surface area contributed by atoms with Gasteiger partial charge in [-0.2, -0.15) is 0 Å². The lowest BCUT2D eigenvalue weighted by Gasteiger charge is -2.35. The van der Waals surface area contributed by atoms with Crippen LogP contribution in [0, 0.1) is 23.7 Å². The topological polar surface area (TPSA) is 26.0 Å². The summed E-state index contributed by atoms with van der Waals surface area (Å²) < 4.78 is 0. The Morgan fingerprint density at radius 3 is 1.82 bits per heavy atom. The number of rotatable bonds is 6. The fraction of sp³-hybridized carbons (Fsp3) is 1.00. The van der Waals surface area contributed by atoms with Crippen molar-refractivity contribution in [3.05, 3.63) is 0 Å². The lowest BCUT2D eigenvalue weighted by molar-refractivity contribution is 0.189. The van der Waals surface area contributed by atoms with Gasteiger partial charge in [-0.1, -0.05) is 40.5 Å². The van der Waals surface area contributed by atoms with Crippen molar-refractivity contribution in [3.63, 3.8) is 0 Å². The van der Waals surface area contributed by atoms with Crippen LogP contribution in [0.2, 0.25) is 0 Å². The zero-order chi connectivity index (χ0) is 12.8. The van der Waals surface area contributed by atoms with Crippen molar-refractivity contribution in [1.29, 1.82) is 0 Å². The predicted octanol–water partition coefficient (Wildman–Crippen LogP) is 4.60. The summed E-state index contributed by atoms with van der Waals surface area (Å²) in [7, 11) is 0. The van der Waals surface area contributed by atoms with Crippen molar-refractivity contribution in [2.24, 2.45) is 29.4 Å². The van der Waals surface area contributed by atoms with Gasteiger partial charge in [-0.05, 0) is 55.8 Å². The molecule has 0 spiro atoms. The van der Waals surface area contributed by atoms with Crippen LogP contribution in [-0.4, -0.2) is 6.04 Å². The van der Waals surface area contributed by atoms with Gasteiger partial charge in [0.25, 0.3) is 0 Å². The van der Waals surface area contributed by atoms with E-state index in [1.807, 2.05) is 0 Å². The lowest BCUT2D eigenvalue weighted by Crippen LogP contribution is -2.35. The van der Waals surface area contributed by atoms with E-state index < -0.39 is 0 Å². The normalized spacial score (nSPS) is 27.7. The Bertz CT molecular complexity index is 188. The second-order valence-electron chi connectivity index (χ2n) is 6.50. The van der Waals surface area contributed by atoms with Crippen LogP contribution in [-0.2, 0) is 0 Å². The third-order valence-electron chi connectivity index (χ3n) is 5.13. The molecular weight excluding hydrogens is 206 g/mol. The van der Waals surface area contributed by atoms with Crippen molar-refractivity contribution < 1.29 is 0 Å². The smallest absolute Gasteiger partial charge is 0.00697 e. The van der Waals surface area contributed by atoms with E-state index in [1.54, 1.807) is 0 Å². The van der Waals surface area contributed by atoms with Gasteiger partial charge in [0, 0.05) is 6.04 Å². The minimum atomic E-state index is 0.466. The van der Waals surface area contributed by atoms with E-state index in [2.05, 4.69) is 27.7 Å². The van der Waals surface area contributed by atoms with E-state index in [9.17, 15) is 0 Å². The molecule has 17 heavy (non-hydrogen) atoms. The molecule has 1 aliphatic carbocycles. The summed E-state index contributed by atoms with van der Waals surface area (Å²) in [6, 6.07) is 0.466. The van der Waals surface area contributed by atoms with E-state index in [4.69, 9.17) is 5.73 Å². The summed E-state index contributed by atoms with van der Waals surface area (Å²) in [6.45, 7) is 9.34. The van der Waals surface area contributed by atoms with Crippen LogP contribution in [0.4, 0.5) is 0 Å². The van der Waals surface area contributed by atoms with Gasteiger partial charge in [0.15, 0.2) is 0 Å². The summed E-state index contributed by atoms with van der Waals surface area (Å²) in [5, 5.41) is 0. The highest BCUT2D eigenvalue weighted by molar-refractivity contribution is 4.82. The first kappa shape index (κ1) is 15.0. The van der Waals surface area contributed by atoms with Gasteiger partial charge in [-0.25, -0.2) is 0 Å². The van der Waals surface area contributed by atoms with Crippen molar-refractivity contribution >= 4 is 0 Å². The molecule has 1 saturated carbocycles. The fourth-order valence-electron chi connectivity index (χ4n) is 3.44. The molecule has 0 radical (unpaired) electrons. The van der Waals surface area contributed by atoms with Crippen LogP contribution in [0.1, 0.15) is 72.6 Å². The van der Waals surface area contributed by atoms with Gasteiger partial charge in [-0.3, -0.25) is 0 Å². The van der Waals surface area contributed by atoms with E-state index >= 15 is 0 Å². The molecule has 0 saturated heterocycles. The highest BCUT2D eigenvalue weighted by atomic mass is 14.7. The highest BCUT2D eigenvalue weighted by Crippen LogP contribution is 2.35. The molecule has 1 aliphatic rings. The average Bonchev–Trinajstić information content (AvgIpc) is 2.35. The Kier molecular flexibility index (Phi) is 6.54. The maximum atomic E-state index is 6.42. The SMILES string of the molecule is CCC(CC)CC(N)C1CCC(C(C)C)CC1. The first-order valence-corrected chi connectivity index (χ1v) is 7.83. The molecule has 1 atom stereocenters. The monoisotopic (exact) mass is 239 g/mol. The van der Waals surface area contributed by atoms with Gasteiger partial charge in [0.05, 0.1) is 0 Å². The molecule has 0 aliphatic heterocycles. The van der Waals surface area contributed by atoms with E-state index in [1.165, 1.54) is 44.9 Å². The summed E-state index contributed by atoms with van der Waals surface area (Å²) in [6.07, 6.45) is 9.44. The third-order valence-corrected chi connectivity index (χ3v) is 5.13. The molecule has 1 rings (SSSR count). The first-order chi connectivity index (χ1) is 8.08. The second-order valence-corrected chi connectivity index (χ2v) is 6.50. The Labute approximate surface area is 109 Å². The van der Waals surface area contributed by atoms with Crippen LogP contribution in [0.15, 0.2) is 0 Å². The van der Waals surface area contributed by atoms with Crippen LogP contribution < -0.4 is 5.73 Å². The molecule has 1 fully saturated rings. The van der Waals surface area contributed by atoms with E-state index in [0.717, 1.165) is 23.7 Å². The van der Waals surface area contributed by atoms with Gasteiger partial charge in [0.1, 0.15) is 0 Å². The molecule has 102 valence electrons. The summed E-state index contributed by atoms with van der Waals surface area (Å²) in [5.74, 6) is 3.50. The fourth-order valence-corrected chi connectivity index (χ4v) is 3.44. The van der Waals surface area contributed by atoms with Gasteiger partial charge >= 0.3 is 0 Å². The summed E-state index contributed by atoms with van der Waals surface area (Å²) >= 11 is 0. The van der Waals surface area contributed by atoms with Gasteiger partial charge in [0.2, 0.25) is 0 Å².